The molecule has 2 N–H and O–H groups in total. The number of benzene rings is 1. The lowest BCUT2D eigenvalue weighted by atomic mass is 9.92. The Morgan fingerprint density at radius 1 is 1.17 bits per heavy atom. The van der Waals surface area contributed by atoms with Gasteiger partial charge in [-0.1, -0.05) is 35.3 Å². The van der Waals surface area contributed by atoms with Crippen LogP contribution in [0.15, 0.2) is 42.6 Å². The minimum absolute atomic E-state index is 0.112. The van der Waals surface area contributed by atoms with E-state index >= 15 is 0 Å². The summed E-state index contributed by atoms with van der Waals surface area (Å²) in [5.41, 5.74) is 7.68. The maximum absolute atomic E-state index is 6.26. The van der Waals surface area contributed by atoms with Crippen LogP contribution in [0.1, 0.15) is 23.6 Å². The minimum atomic E-state index is 0.112. The molecule has 2 aromatic rings. The summed E-state index contributed by atoms with van der Waals surface area (Å²) in [6.45, 7) is 0.584. The topological polar surface area (TPSA) is 38.9 Å². The van der Waals surface area contributed by atoms with E-state index in [0.29, 0.717) is 16.6 Å². The Labute approximate surface area is 117 Å². The summed E-state index contributed by atoms with van der Waals surface area (Å²) >= 11 is 12.2. The maximum atomic E-state index is 6.26. The highest BCUT2D eigenvalue weighted by Crippen LogP contribution is 2.33. The van der Waals surface area contributed by atoms with Gasteiger partial charge in [0.15, 0.2) is 0 Å². The Morgan fingerprint density at radius 3 is 2.61 bits per heavy atom. The quantitative estimate of drug-likeness (QED) is 0.924. The standard InChI is InChI=1S/C14H14Cl2N2/c15-10-4-5-11(13(16)9-10)12(6-7-17)14-3-1-2-8-18-14/h1-5,8-9,12H,6-7,17H2/t12-/m0/s1. The molecule has 1 atom stereocenters. The van der Waals surface area contributed by atoms with Crippen LogP contribution in [0.5, 0.6) is 0 Å². The summed E-state index contributed by atoms with van der Waals surface area (Å²) < 4.78 is 0. The number of rotatable bonds is 4. The fourth-order valence-electron chi connectivity index (χ4n) is 2.00. The van der Waals surface area contributed by atoms with Crippen molar-refractivity contribution in [3.05, 3.63) is 63.9 Å². The first-order valence-corrected chi connectivity index (χ1v) is 6.54. The molecule has 0 radical (unpaired) electrons. The van der Waals surface area contributed by atoms with Gasteiger partial charge in [0.2, 0.25) is 0 Å². The molecular formula is C14H14Cl2N2. The molecule has 1 heterocycles. The van der Waals surface area contributed by atoms with Crippen LogP contribution in [0.2, 0.25) is 10.0 Å². The molecule has 2 rings (SSSR count). The Hall–Kier alpha value is -1.09. The number of nitrogens with two attached hydrogens (primary N) is 1. The predicted molar refractivity (Wildman–Crippen MR) is 76.2 cm³/mol. The van der Waals surface area contributed by atoms with Gasteiger partial charge < -0.3 is 5.73 Å². The molecule has 18 heavy (non-hydrogen) atoms. The van der Waals surface area contributed by atoms with Crippen LogP contribution >= 0.6 is 23.2 Å². The summed E-state index contributed by atoms with van der Waals surface area (Å²) in [5.74, 6) is 0.112. The largest absolute Gasteiger partial charge is 0.330 e. The van der Waals surface area contributed by atoms with Gasteiger partial charge in [-0.05, 0) is 42.8 Å². The first-order valence-electron chi connectivity index (χ1n) is 5.78. The van der Waals surface area contributed by atoms with Crippen LogP contribution in [-0.2, 0) is 0 Å². The molecule has 0 amide bonds. The van der Waals surface area contributed by atoms with Crippen molar-refractivity contribution in [2.45, 2.75) is 12.3 Å². The number of nitrogens with zero attached hydrogens (tertiary/aromatic N) is 1. The lowest BCUT2D eigenvalue weighted by Crippen LogP contribution is -2.10. The van der Waals surface area contributed by atoms with E-state index in [1.165, 1.54) is 0 Å². The third-order valence-corrected chi connectivity index (χ3v) is 3.40. The van der Waals surface area contributed by atoms with Crippen molar-refractivity contribution < 1.29 is 0 Å². The molecule has 0 fully saturated rings. The zero-order valence-electron chi connectivity index (χ0n) is 9.81. The number of hydrogen-bond acceptors (Lipinski definition) is 2. The van der Waals surface area contributed by atoms with E-state index in [1.54, 1.807) is 12.3 Å². The minimum Gasteiger partial charge on any atom is -0.330 e. The van der Waals surface area contributed by atoms with Gasteiger partial charge in [-0.3, -0.25) is 4.98 Å². The summed E-state index contributed by atoms with van der Waals surface area (Å²) in [4.78, 5) is 4.39. The Kier molecular flexibility index (Phi) is 4.59. The first kappa shape index (κ1) is 13.3. The molecule has 2 nitrogen and oxygen atoms in total. The van der Waals surface area contributed by atoms with Gasteiger partial charge in [-0.25, -0.2) is 0 Å². The summed E-state index contributed by atoms with van der Waals surface area (Å²) in [5, 5.41) is 1.29. The maximum Gasteiger partial charge on any atom is 0.0479 e. The van der Waals surface area contributed by atoms with E-state index in [2.05, 4.69) is 4.98 Å². The Bertz CT molecular complexity index is 514. The van der Waals surface area contributed by atoms with Gasteiger partial charge in [0.1, 0.15) is 0 Å². The molecule has 0 saturated heterocycles. The van der Waals surface area contributed by atoms with Gasteiger partial charge in [-0.2, -0.15) is 0 Å². The number of aromatic nitrogens is 1. The SMILES string of the molecule is NCC[C@H](c1ccccn1)c1ccc(Cl)cc1Cl. The molecule has 4 heteroatoms. The number of pyridine rings is 1. The summed E-state index contributed by atoms with van der Waals surface area (Å²) in [6.07, 6.45) is 2.58. The van der Waals surface area contributed by atoms with Crippen molar-refractivity contribution >= 4 is 23.2 Å². The highest BCUT2D eigenvalue weighted by atomic mass is 35.5. The molecule has 0 aliphatic heterocycles. The second-order valence-electron chi connectivity index (χ2n) is 4.05. The van der Waals surface area contributed by atoms with Crippen molar-refractivity contribution in [1.82, 2.24) is 4.98 Å². The summed E-state index contributed by atoms with van der Waals surface area (Å²) in [7, 11) is 0. The monoisotopic (exact) mass is 280 g/mol. The Balaban J connectivity index is 2.41. The molecule has 0 unspecified atom stereocenters. The lowest BCUT2D eigenvalue weighted by Gasteiger charge is -2.17. The van der Waals surface area contributed by atoms with Crippen LogP contribution in [0.3, 0.4) is 0 Å². The molecule has 0 bridgehead atoms. The van der Waals surface area contributed by atoms with Crippen molar-refractivity contribution in [3.63, 3.8) is 0 Å². The average Bonchev–Trinajstić information content (AvgIpc) is 2.38. The van der Waals surface area contributed by atoms with Gasteiger partial charge in [0, 0.05) is 27.9 Å². The molecule has 0 aliphatic carbocycles. The van der Waals surface area contributed by atoms with E-state index in [-0.39, 0.29) is 5.92 Å². The second kappa shape index (κ2) is 6.19. The molecule has 0 spiro atoms. The van der Waals surface area contributed by atoms with Crippen LogP contribution in [-0.4, -0.2) is 11.5 Å². The van der Waals surface area contributed by atoms with E-state index in [4.69, 9.17) is 28.9 Å². The molecule has 94 valence electrons. The first-order chi connectivity index (χ1) is 8.72. The van der Waals surface area contributed by atoms with E-state index in [0.717, 1.165) is 17.7 Å². The zero-order valence-corrected chi connectivity index (χ0v) is 11.3. The molecular weight excluding hydrogens is 267 g/mol. The number of hydrogen-bond donors (Lipinski definition) is 1. The predicted octanol–water partition coefficient (Wildman–Crippen LogP) is 3.87. The average molecular weight is 281 g/mol. The van der Waals surface area contributed by atoms with Gasteiger partial charge in [-0.15, -0.1) is 0 Å². The molecule has 1 aromatic carbocycles. The van der Waals surface area contributed by atoms with Crippen molar-refractivity contribution in [1.29, 1.82) is 0 Å². The van der Waals surface area contributed by atoms with E-state index in [9.17, 15) is 0 Å². The molecule has 0 aliphatic rings. The van der Waals surface area contributed by atoms with Crippen LogP contribution in [0.25, 0.3) is 0 Å². The van der Waals surface area contributed by atoms with Crippen LogP contribution < -0.4 is 5.73 Å². The molecule has 1 aromatic heterocycles. The smallest absolute Gasteiger partial charge is 0.0479 e. The van der Waals surface area contributed by atoms with Crippen LogP contribution in [0, 0.1) is 0 Å². The summed E-state index contributed by atoms with van der Waals surface area (Å²) in [6, 6.07) is 11.4. The van der Waals surface area contributed by atoms with Crippen molar-refractivity contribution in [2.75, 3.05) is 6.54 Å². The fourth-order valence-corrected chi connectivity index (χ4v) is 2.54. The van der Waals surface area contributed by atoms with Crippen molar-refractivity contribution in [3.8, 4) is 0 Å². The highest BCUT2D eigenvalue weighted by Gasteiger charge is 2.17. The van der Waals surface area contributed by atoms with E-state index in [1.807, 2.05) is 30.3 Å². The zero-order chi connectivity index (χ0) is 13.0. The third kappa shape index (κ3) is 3.02. The normalized spacial score (nSPS) is 12.4. The van der Waals surface area contributed by atoms with Gasteiger partial charge in [0.25, 0.3) is 0 Å². The lowest BCUT2D eigenvalue weighted by molar-refractivity contribution is 0.706. The van der Waals surface area contributed by atoms with Crippen molar-refractivity contribution in [2.24, 2.45) is 5.73 Å². The third-order valence-electron chi connectivity index (χ3n) is 2.84. The van der Waals surface area contributed by atoms with Gasteiger partial charge in [0.05, 0.1) is 0 Å². The highest BCUT2D eigenvalue weighted by molar-refractivity contribution is 6.35. The second-order valence-corrected chi connectivity index (χ2v) is 4.89. The van der Waals surface area contributed by atoms with Gasteiger partial charge >= 0.3 is 0 Å². The Morgan fingerprint density at radius 2 is 2.00 bits per heavy atom. The number of halogens is 2. The molecule has 0 saturated carbocycles. The van der Waals surface area contributed by atoms with Crippen LogP contribution in [0.4, 0.5) is 0 Å². The fraction of sp³-hybridized carbons (Fsp3) is 0.214. The van der Waals surface area contributed by atoms with E-state index < -0.39 is 0 Å².